The summed E-state index contributed by atoms with van der Waals surface area (Å²) in [6, 6.07) is 33.8. The van der Waals surface area contributed by atoms with Gasteiger partial charge in [-0.2, -0.15) is 0 Å². The molecular weight excluding hydrogens is 319 g/mol. The van der Waals surface area contributed by atoms with Crippen LogP contribution < -0.4 is 15.9 Å². The predicted octanol–water partition coefficient (Wildman–Crippen LogP) is 5.33. The van der Waals surface area contributed by atoms with Gasteiger partial charge in [0.2, 0.25) is 0 Å². The van der Waals surface area contributed by atoms with Crippen LogP contribution >= 0.6 is 6.60 Å². The van der Waals surface area contributed by atoms with Gasteiger partial charge in [-0.3, -0.25) is 0 Å². The van der Waals surface area contributed by atoms with E-state index in [2.05, 4.69) is 119 Å². The minimum atomic E-state index is -2.64. The third kappa shape index (κ3) is 2.31. The van der Waals surface area contributed by atoms with Crippen molar-refractivity contribution in [3.63, 3.8) is 0 Å². The third-order valence-corrected chi connectivity index (χ3v) is 14.6. The van der Waals surface area contributed by atoms with Gasteiger partial charge >= 0.3 is 153 Å². The Kier molecular flexibility index (Phi) is 4.85. The van der Waals surface area contributed by atoms with Gasteiger partial charge in [0.25, 0.3) is 0 Å². The molecule has 0 aromatic heterocycles. The van der Waals surface area contributed by atoms with Crippen LogP contribution in [0.1, 0.15) is 27.7 Å². The van der Waals surface area contributed by atoms with E-state index in [-0.39, 0.29) is 0 Å². The molecule has 0 radical (unpaired) electrons. The van der Waals surface area contributed by atoms with Crippen molar-refractivity contribution in [3.05, 3.63) is 91.0 Å². The molecule has 0 aliphatic heterocycles. The van der Waals surface area contributed by atoms with Crippen molar-refractivity contribution in [3.8, 4) is 0 Å². The van der Waals surface area contributed by atoms with Crippen molar-refractivity contribution in [1.29, 1.82) is 0 Å². The fraction of sp³-hybridized carbons (Fsp3) is 0.250. The molecule has 0 heterocycles. The average Bonchev–Trinajstić information content (AvgIpc) is 2.65. The van der Waals surface area contributed by atoms with E-state index < -0.39 is 6.60 Å². The molecule has 0 bridgehead atoms. The first kappa shape index (κ1) is 17.9. The van der Waals surface area contributed by atoms with Gasteiger partial charge in [-0.25, -0.2) is 0 Å². The van der Waals surface area contributed by atoms with Crippen molar-refractivity contribution in [2.75, 3.05) is 0 Å². The fourth-order valence-corrected chi connectivity index (χ4v) is 13.2. The summed E-state index contributed by atoms with van der Waals surface area (Å²) in [5.74, 6) is 0. The first-order chi connectivity index (χ1) is 12.0. The van der Waals surface area contributed by atoms with E-state index in [1.165, 1.54) is 15.9 Å². The monoisotopic (exact) mass is 348 g/mol. The summed E-state index contributed by atoms with van der Waals surface area (Å²) in [6.07, 6.45) is 0. The van der Waals surface area contributed by atoms with Gasteiger partial charge in [0.15, 0.2) is 0 Å². The summed E-state index contributed by atoms with van der Waals surface area (Å²) < 4.78 is 0. The molecule has 0 nitrogen and oxygen atoms in total. The van der Waals surface area contributed by atoms with E-state index in [1.54, 1.807) is 0 Å². The van der Waals surface area contributed by atoms with Crippen LogP contribution in [0.2, 0.25) is 0 Å². The second-order valence-electron chi connectivity index (χ2n) is 7.45. The Morgan fingerprint density at radius 3 is 0.880 bits per heavy atom. The van der Waals surface area contributed by atoms with Crippen LogP contribution in [0.15, 0.2) is 91.0 Å². The molecule has 0 aliphatic carbocycles. The Morgan fingerprint density at radius 1 is 0.440 bits per heavy atom. The van der Waals surface area contributed by atoms with Crippen molar-refractivity contribution in [1.82, 2.24) is 0 Å². The molecule has 3 aromatic rings. The van der Waals surface area contributed by atoms with E-state index in [1.807, 2.05) is 0 Å². The molecule has 1 heteroatoms. The molecule has 0 aliphatic rings. The SMILES string of the molecule is CC(C)P(c1ccccc1)(c1ccccc1)(c1ccccc1)C(C)C. The fourth-order valence-electron chi connectivity index (χ4n) is 5.08. The van der Waals surface area contributed by atoms with E-state index in [0.717, 1.165) is 0 Å². The summed E-state index contributed by atoms with van der Waals surface area (Å²) in [7, 11) is 0. The Hall–Kier alpha value is -1.91. The maximum absolute atomic E-state index is 2.64. The molecule has 0 unspecified atom stereocenters. The molecule has 3 rings (SSSR count). The van der Waals surface area contributed by atoms with Crippen molar-refractivity contribution < 1.29 is 0 Å². The summed E-state index contributed by atoms with van der Waals surface area (Å²) in [6.45, 7) is 7.04. The van der Waals surface area contributed by atoms with Crippen LogP contribution in [0.3, 0.4) is 0 Å². The molecule has 0 atom stereocenters. The van der Waals surface area contributed by atoms with Crippen LogP contribution in [-0.2, 0) is 0 Å². The van der Waals surface area contributed by atoms with Crippen LogP contribution in [-0.4, -0.2) is 11.3 Å². The van der Waals surface area contributed by atoms with Gasteiger partial charge in [-0.15, -0.1) is 0 Å². The topological polar surface area (TPSA) is 0 Å². The van der Waals surface area contributed by atoms with Crippen LogP contribution in [0.4, 0.5) is 0 Å². The van der Waals surface area contributed by atoms with Crippen molar-refractivity contribution in [2.24, 2.45) is 0 Å². The van der Waals surface area contributed by atoms with Gasteiger partial charge in [0.05, 0.1) is 0 Å². The van der Waals surface area contributed by atoms with Gasteiger partial charge in [0, 0.05) is 0 Å². The van der Waals surface area contributed by atoms with Gasteiger partial charge in [0.1, 0.15) is 0 Å². The Morgan fingerprint density at radius 2 is 0.680 bits per heavy atom. The zero-order chi connectivity index (χ0) is 17.9. The maximum atomic E-state index is 2.42. The van der Waals surface area contributed by atoms with Gasteiger partial charge < -0.3 is 0 Å². The quantitative estimate of drug-likeness (QED) is 0.547. The molecule has 0 amide bonds. The number of rotatable bonds is 5. The summed E-state index contributed by atoms with van der Waals surface area (Å²) in [4.78, 5) is 0. The number of benzene rings is 3. The molecular formula is C24H29P. The normalized spacial score (nSPS) is 13.6. The molecule has 0 saturated heterocycles. The van der Waals surface area contributed by atoms with E-state index >= 15 is 0 Å². The zero-order valence-corrected chi connectivity index (χ0v) is 16.7. The molecule has 130 valence electrons. The molecule has 0 fully saturated rings. The van der Waals surface area contributed by atoms with Crippen LogP contribution in [0.25, 0.3) is 0 Å². The molecule has 0 saturated carbocycles. The summed E-state index contributed by atoms with van der Waals surface area (Å²) in [5, 5.41) is 4.49. The second kappa shape index (κ2) is 6.77. The third-order valence-electron chi connectivity index (χ3n) is 6.08. The molecule has 3 aromatic carbocycles. The van der Waals surface area contributed by atoms with Crippen molar-refractivity contribution in [2.45, 2.75) is 39.0 Å². The average molecular weight is 348 g/mol. The Balaban J connectivity index is 2.58. The predicted molar refractivity (Wildman–Crippen MR) is 115 cm³/mol. The molecule has 25 heavy (non-hydrogen) atoms. The first-order valence-electron chi connectivity index (χ1n) is 9.23. The number of hydrogen-bond acceptors (Lipinski definition) is 0. The Bertz CT molecular complexity index is 693. The number of hydrogen-bond donors (Lipinski definition) is 0. The van der Waals surface area contributed by atoms with Crippen LogP contribution in [0.5, 0.6) is 0 Å². The van der Waals surface area contributed by atoms with E-state index in [4.69, 9.17) is 0 Å². The van der Waals surface area contributed by atoms with Gasteiger partial charge in [-0.1, -0.05) is 0 Å². The zero-order valence-electron chi connectivity index (χ0n) is 15.8. The van der Waals surface area contributed by atoms with Crippen molar-refractivity contribution >= 4 is 22.5 Å². The van der Waals surface area contributed by atoms with E-state index in [0.29, 0.717) is 11.3 Å². The Labute approximate surface area is 152 Å². The summed E-state index contributed by atoms with van der Waals surface area (Å²) in [5.41, 5.74) is 1.02. The first-order valence-corrected chi connectivity index (χ1v) is 11.6. The molecule has 0 N–H and O–H groups in total. The van der Waals surface area contributed by atoms with E-state index in [9.17, 15) is 0 Å². The second-order valence-corrected chi connectivity index (χ2v) is 13.6. The summed E-state index contributed by atoms with van der Waals surface area (Å²) >= 11 is 0. The standard InChI is InChI=1S/C24H29P/c1-20(2)25(21(3)4,22-14-8-5-9-15-22,23-16-10-6-11-17-23)24-18-12-7-13-19-24/h5-21H,1-4H3. The minimum absolute atomic E-state index is 0.512. The van der Waals surface area contributed by atoms with Gasteiger partial charge in [-0.05, 0) is 0 Å². The molecule has 0 spiro atoms. The van der Waals surface area contributed by atoms with Crippen LogP contribution in [0, 0.1) is 0 Å².